The van der Waals surface area contributed by atoms with Crippen molar-refractivity contribution in [1.82, 2.24) is 10.6 Å². The lowest BCUT2D eigenvalue weighted by Crippen LogP contribution is -2.38. The SMILES string of the molecule is CN=C(NCc1ccc(C)c(F)c1)NCC(C)c1cccs1. The number of nitrogens with zero attached hydrogens (tertiary/aromatic N) is 1. The minimum atomic E-state index is -0.173. The van der Waals surface area contributed by atoms with Gasteiger partial charge in [-0.05, 0) is 35.6 Å². The number of halogens is 1. The maximum absolute atomic E-state index is 13.5. The summed E-state index contributed by atoms with van der Waals surface area (Å²) in [7, 11) is 1.74. The lowest BCUT2D eigenvalue weighted by Gasteiger charge is -2.15. The zero-order valence-corrected chi connectivity index (χ0v) is 14.0. The molecule has 0 amide bonds. The van der Waals surface area contributed by atoms with E-state index in [9.17, 15) is 4.39 Å². The fraction of sp³-hybridized carbons (Fsp3) is 0.353. The third-order valence-corrected chi connectivity index (χ3v) is 4.63. The number of aliphatic imine (C=N–C) groups is 1. The van der Waals surface area contributed by atoms with Gasteiger partial charge in [-0.3, -0.25) is 4.99 Å². The molecule has 3 nitrogen and oxygen atoms in total. The van der Waals surface area contributed by atoms with E-state index in [0.717, 1.165) is 18.1 Å². The minimum absolute atomic E-state index is 0.173. The average Bonchev–Trinajstić information content (AvgIpc) is 3.05. The number of benzene rings is 1. The van der Waals surface area contributed by atoms with E-state index in [1.54, 1.807) is 37.4 Å². The van der Waals surface area contributed by atoms with Gasteiger partial charge in [-0.25, -0.2) is 4.39 Å². The van der Waals surface area contributed by atoms with Crippen LogP contribution in [-0.4, -0.2) is 19.6 Å². The number of rotatable bonds is 5. The van der Waals surface area contributed by atoms with Gasteiger partial charge in [0, 0.05) is 30.9 Å². The zero-order chi connectivity index (χ0) is 15.9. The molecule has 0 saturated carbocycles. The first-order chi connectivity index (χ1) is 10.6. The normalized spacial score (nSPS) is 13.0. The topological polar surface area (TPSA) is 36.4 Å². The van der Waals surface area contributed by atoms with Gasteiger partial charge in [-0.2, -0.15) is 0 Å². The van der Waals surface area contributed by atoms with Crippen molar-refractivity contribution < 1.29 is 4.39 Å². The number of guanidine groups is 1. The van der Waals surface area contributed by atoms with E-state index in [-0.39, 0.29) is 5.82 Å². The van der Waals surface area contributed by atoms with Gasteiger partial charge in [-0.15, -0.1) is 11.3 Å². The summed E-state index contributed by atoms with van der Waals surface area (Å²) in [6.07, 6.45) is 0. The van der Waals surface area contributed by atoms with Crippen LogP contribution < -0.4 is 10.6 Å². The molecule has 1 heterocycles. The summed E-state index contributed by atoms with van der Waals surface area (Å²) in [4.78, 5) is 5.55. The molecule has 0 saturated heterocycles. The van der Waals surface area contributed by atoms with Crippen LogP contribution in [-0.2, 0) is 6.54 Å². The molecule has 22 heavy (non-hydrogen) atoms. The van der Waals surface area contributed by atoms with E-state index in [4.69, 9.17) is 0 Å². The van der Waals surface area contributed by atoms with E-state index >= 15 is 0 Å². The fourth-order valence-electron chi connectivity index (χ4n) is 2.07. The first-order valence-electron chi connectivity index (χ1n) is 7.33. The molecule has 1 aromatic heterocycles. The highest BCUT2D eigenvalue weighted by atomic mass is 32.1. The Morgan fingerprint density at radius 2 is 2.14 bits per heavy atom. The smallest absolute Gasteiger partial charge is 0.191 e. The summed E-state index contributed by atoms with van der Waals surface area (Å²) in [5, 5.41) is 8.60. The lowest BCUT2D eigenvalue weighted by atomic mass is 10.1. The Morgan fingerprint density at radius 3 is 2.77 bits per heavy atom. The van der Waals surface area contributed by atoms with Gasteiger partial charge in [-0.1, -0.05) is 25.1 Å². The average molecular weight is 319 g/mol. The molecular weight excluding hydrogens is 297 g/mol. The molecule has 0 bridgehead atoms. The first kappa shape index (κ1) is 16.5. The molecule has 2 N–H and O–H groups in total. The van der Waals surface area contributed by atoms with Crippen molar-refractivity contribution in [2.75, 3.05) is 13.6 Å². The van der Waals surface area contributed by atoms with Crippen LogP contribution in [0.3, 0.4) is 0 Å². The molecule has 0 aliphatic heterocycles. The maximum Gasteiger partial charge on any atom is 0.191 e. The summed E-state index contributed by atoms with van der Waals surface area (Å²) in [6.45, 7) is 5.30. The van der Waals surface area contributed by atoms with Gasteiger partial charge in [0.2, 0.25) is 0 Å². The number of aryl methyl sites for hydroxylation is 1. The van der Waals surface area contributed by atoms with Crippen molar-refractivity contribution in [1.29, 1.82) is 0 Å². The second-order valence-electron chi connectivity index (χ2n) is 5.31. The van der Waals surface area contributed by atoms with Crippen molar-refractivity contribution in [3.63, 3.8) is 0 Å². The summed E-state index contributed by atoms with van der Waals surface area (Å²) < 4.78 is 13.5. The summed E-state index contributed by atoms with van der Waals surface area (Å²) in [5.41, 5.74) is 1.56. The van der Waals surface area contributed by atoms with Crippen molar-refractivity contribution >= 4 is 17.3 Å². The van der Waals surface area contributed by atoms with E-state index in [1.165, 1.54) is 4.88 Å². The predicted molar refractivity (Wildman–Crippen MR) is 92.1 cm³/mol. The fourth-order valence-corrected chi connectivity index (χ4v) is 2.86. The van der Waals surface area contributed by atoms with Crippen LogP contribution in [0.5, 0.6) is 0 Å². The van der Waals surface area contributed by atoms with Crippen LogP contribution in [0.15, 0.2) is 40.7 Å². The number of hydrogen-bond acceptors (Lipinski definition) is 2. The standard InChI is InChI=1S/C17H22FN3S/c1-12-6-7-14(9-15(12)18)11-21-17(19-3)20-10-13(2)16-5-4-8-22-16/h4-9,13H,10-11H2,1-3H3,(H2,19,20,21). The summed E-state index contributed by atoms with van der Waals surface area (Å²) in [6, 6.07) is 9.48. The molecule has 1 unspecified atom stereocenters. The Balaban J connectivity index is 1.83. The molecule has 2 aromatic rings. The van der Waals surface area contributed by atoms with Gasteiger partial charge in [0.05, 0.1) is 0 Å². The molecule has 2 rings (SSSR count). The predicted octanol–water partition coefficient (Wildman–Crippen LogP) is 3.66. The van der Waals surface area contributed by atoms with Crippen LogP contribution >= 0.6 is 11.3 Å². The first-order valence-corrected chi connectivity index (χ1v) is 8.21. The van der Waals surface area contributed by atoms with Crippen molar-refractivity contribution in [3.05, 3.63) is 57.5 Å². The van der Waals surface area contributed by atoms with E-state index in [2.05, 4.69) is 40.1 Å². The van der Waals surface area contributed by atoms with Gasteiger partial charge in [0.1, 0.15) is 5.82 Å². The van der Waals surface area contributed by atoms with Gasteiger partial charge in [0.15, 0.2) is 5.96 Å². The number of hydrogen-bond donors (Lipinski definition) is 2. The Morgan fingerprint density at radius 1 is 1.32 bits per heavy atom. The van der Waals surface area contributed by atoms with Crippen LogP contribution in [0.1, 0.15) is 28.8 Å². The Kier molecular flexibility index (Phi) is 5.95. The van der Waals surface area contributed by atoms with E-state index in [1.807, 2.05) is 6.07 Å². The molecule has 0 aliphatic rings. The highest BCUT2D eigenvalue weighted by Gasteiger charge is 2.07. The Hall–Kier alpha value is -1.88. The highest BCUT2D eigenvalue weighted by Crippen LogP contribution is 2.19. The van der Waals surface area contributed by atoms with Gasteiger partial charge in [0.25, 0.3) is 0 Å². The molecular formula is C17H22FN3S. The summed E-state index contributed by atoms with van der Waals surface area (Å²) >= 11 is 1.76. The number of thiophene rings is 1. The van der Waals surface area contributed by atoms with E-state index < -0.39 is 0 Å². The molecule has 1 atom stereocenters. The number of nitrogens with one attached hydrogen (secondary N) is 2. The second-order valence-corrected chi connectivity index (χ2v) is 6.29. The monoisotopic (exact) mass is 319 g/mol. The van der Waals surface area contributed by atoms with Crippen LogP contribution in [0.2, 0.25) is 0 Å². The second kappa shape index (κ2) is 7.94. The molecule has 0 radical (unpaired) electrons. The van der Waals surface area contributed by atoms with Crippen LogP contribution in [0, 0.1) is 12.7 Å². The van der Waals surface area contributed by atoms with Crippen molar-refractivity contribution in [2.45, 2.75) is 26.3 Å². The van der Waals surface area contributed by atoms with Crippen molar-refractivity contribution in [2.24, 2.45) is 4.99 Å². The zero-order valence-electron chi connectivity index (χ0n) is 13.2. The molecule has 5 heteroatoms. The van der Waals surface area contributed by atoms with Gasteiger partial charge < -0.3 is 10.6 Å². The molecule has 0 spiro atoms. The van der Waals surface area contributed by atoms with Crippen molar-refractivity contribution in [3.8, 4) is 0 Å². The van der Waals surface area contributed by atoms with Crippen LogP contribution in [0.25, 0.3) is 0 Å². The Bertz CT molecular complexity index is 623. The molecule has 0 aliphatic carbocycles. The lowest BCUT2D eigenvalue weighted by molar-refractivity contribution is 0.615. The maximum atomic E-state index is 13.5. The third kappa shape index (κ3) is 4.56. The summed E-state index contributed by atoms with van der Waals surface area (Å²) in [5.74, 6) is 0.980. The molecule has 118 valence electrons. The highest BCUT2D eigenvalue weighted by molar-refractivity contribution is 7.10. The van der Waals surface area contributed by atoms with E-state index in [0.29, 0.717) is 18.0 Å². The molecule has 1 aromatic carbocycles. The van der Waals surface area contributed by atoms with Gasteiger partial charge >= 0.3 is 0 Å². The third-order valence-electron chi connectivity index (χ3n) is 3.52. The quantitative estimate of drug-likeness (QED) is 0.652. The van der Waals surface area contributed by atoms with Crippen LogP contribution in [0.4, 0.5) is 4.39 Å². The largest absolute Gasteiger partial charge is 0.356 e. The molecule has 0 fully saturated rings. The minimum Gasteiger partial charge on any atom is -0.356 e. The Labute approximate surface area is 135 Å².